The molecule has 0 aliphatic carbocycles. The third-order valence-corrected chi connectivity index (χ3v) is 3.35. The van der Waals surface area contributed by atoms with Gasteiger partial charge in [0.1, 0.15) is 11.8 Å². The zero-order valence-corrected chi connectivity index (χ0v) is 12.6. The summed E-state index contributed by atoms with van der Waals surface area (Å²) in [6, 6.07) is 13.7. The number of nitrogens with zero attached hydrogens (tertiary/aromatic N) is 3. The van der Waals surface area contributed by atoms with Crippen LogP contribution in [-0.4, -0.2) is 18.6 Å². The van der Waals surface area contributed by atoms with Crippen molar-refractivity contribution in [3.63, 3.8) is 0 Å². The second-order valence-electron chi connectivity index (χ2n) is 4.78. The highest BCUT2D eigenvalue weighted by atomic mass is 16.5. The van der Waals surface area contributed by atoms with E-state index in [-0.39, 0.29) is 0 Å². The average Bonchev–Trinajstić information content (AvgIpc) is 2.52. The highest BCUT2D eigenvalue weighted by molar-refractivity contribution is 5.62. The van der Waals surface area contributed by atoms with Gasteiger partial charge in [-0.3, -0.25) is 4.98 Å². The number of hydrogen-bond acceptors (Lipinski definition) is 4. The molecule has 1 heterocycles. The molecule has 0 amide bonds. The topological polar surface area (TPSA) is 49.2 Å². The predicted octanol–water partition coefficient (Wildman–Crippen LogP) is 3.30. The van der Waals surface area contributed by atoms with Crippen LogP contribution in [-0.2, 0) is 6.54 Å². The van der Waals surface area contributed by atoms with Gasteiger partial charge in [0.2, 0.25) is 0 Å². The summed E-state index contributed by atoms with van der Waals surface area (Å²) in [5.74, 6) is 0.750. The number of hydrogen-bond donors (Lipinski definition) is 0. The number of nitriles is 1. The normalized spacial score (nSPS) is 10.0. The molecule has 21 heavy (non-hydrogen) atoms. The molecule has 2 aromatic rings. The van der Waals surface area contributed by atoms with E-state index in [0.29, 0.717) is 12.1 Å². The largest absolute Gasteiger partial charge is 0.497 e. The quantitative estimate of drug-likeness (QED) is 0.843. The number of rotatable bonds is 5. The number of anilines is 1. The number of aryl methyl sites for hydroxylation is 1. The van der Waals surface area contributed by atoms with Gasteiger partial charge in [0, 0.05) is 18.3 Å². The van der Waals surface area contributed by atoms with E-state index in [0.717, 1.165) is 29.4 Å². The first kappa shape index (κ1) is 14.9. The fourth-order valence-electron chi connectivity index (χ4n) is 2.25. The SMILES string of the molecule is CCN(Cc1cccc(C)n1)c1cc(OC)ccc1C#N. The van der Waals surface area contributed by atoms with Crippen LogP contribution >= 0.6 is 0 Å². The van der Waals surface area contributed by atoms with Crippen molar-refractivity contribution >= 4 is 5.69 Å². The highest BCUT2D eigenvalue weighted by Gasteiger charge is 2.12. The second-order valence-corrected chi connectivity index (χ2v) is 4.78. The summed E-state index contributed by atoms with van der Waals surface area (Å²) >= 11 is 0. The lowest BCUT2D eigenvalue weighted by atomic mass is 10.1. The Morgan fingerprint density at radius 2 is 2.10 bits per heavy atom. The van der Waals surface area contributed by atoms with Crippen molar-refractivity contribution < 1.29 is 4.74 Å². The highest BCUT2D eigenvalue weighted by Crippen LogP contribution is 2.26. The van der Waals surface area contributed by atoms with Gasteiger partial charge in [-0.05, 0) is 38.1 Å². The van der Waals surface area contributed by atoms with E-state index in [9.17, 15) is 5.26 Å². The summed E-state index contributed by atoms with van der Waals surface area (Å²) in [4.78, 5) is 6.66. The Kier molecular flexibility index (Phi) is 4.78. The van der Waals surface area contributed by atoms with E-state index < -0.39 is 0 Å². The first-order valence-electron chi connectivity index (χ1n) is 6.93. The zero-order chi connectivity index (χ0) is 15.2. The van der Waals surface area contributed by atoms with Crippen LogP contribution in [0.4, 0.5) is 5.69 Å². The lowest BCUT2D eigenvalue weighted by Gasteiger charge is -2.24. The van der Waals surface area contributed by atoms with Crippen molar-refractivity contribution in [1.29, 1.82) is 5.26 Å². The van der Waals surface area contributed by atoms with Crippen molar-refractivity contribution in [2.24, 2.45) is 0 Å². The molecule has 0 aliphatic heterocycles. The van der Waals surface area contributed by atoms with Crippen LogP contribution in [0.5, 0.6) is 5.75 Å². The molecule has 0 radical (unpaired) electrons. The van der Waals surface area contributed by atoms with Crippen molar-refractivity contribution in [2.75, 3.05) is 18.6 Å². The molecule has 0 atom stereocenters. The number of pyridine rings is 1. The van der Waals surface area contributed by atoms with Gasteiger partial charge >= 0.3 is 0 Å². The molecule has 1 aromatic heterocycles. The Morgan fingerprint density at radius 3 is 2.71 bits per heavy atom. The molecule has 0 unspecified atom stereocenters. The molecule has 4 heteroatoms. The van der Waals surface area contributed by atoms with Crippen molar-refractivity contribution in [1.82, 2.24) is 4.98 Å². The Labute approximate surface area is 125 Å². The molecular weight excluding hydrogens is 262 g/mol. The third kappa shape index (κ3) is 3.51. The predicted molar refractivity (Wildman–Crippen MR) is 83.4 cm³/mol. The van der Waals surface area contributed by atoms with E-state index in [1.54, 1.807) is 19.2 Å². The summed E-state index contributed by atoms with van der Waals surface area (Å²) in [6.45, 7) is 5.50. The van der Waals surface area contributed by atoms with Crippen molar-refractivity contribution in [2.45, 2.75) is 20.4 Å². The smallest absolute Gasteiger partial charge is 0.121 e. The van der Waals surface area contributed by atoms with Crippen LogP contribution in [0.15, 0.2) is 36.4 Å². The lowest BCUT2D eigenvalue weighted by molar-refractivity contribution is 0.414. The number of methoxy groups -OCH3 is 1. The first-order valence-corrected chi connectivity index (χ1v) is 6.93. The molecule has 0 saturated heterocycles. The van der Waals surface area contributed by atoms with Gasteiger partial charge in [-0.1, -0.05) is 6.07 Å². The Balaban J connectivity index is 2.35. The monoisotopic (exact) mass is 281 g/mol. The summed E-state index contributed by atoms with van der Waals surface area (Å²) < 4.78 is 5.27. The van der Waals surface area contributed by atoms with E-state index >= 15 is 0 Å². The summed E-state index contributed by atoms with van der Waals surface area (Å²) in [6.07, 6.45) is 0. The van der Waals surface area contributed by atoms with Crippen LogP contribution in [0, 0.1) is 18.3 Å². The second kappa shape index (κ2) is 6.76. The number of benzene rings is 1. The fourth-order valence-corrected chi connectivity index (χ4v) is 2.25. The molecule has 4 nitrogen and oxygen atoms in total. The third-order valence-electron chi connectivity index (χ3n) is 3.35. The molecule has 0 N–H and O–H groups in total. The van der Waals surface area contributed by atoms with Gasteiger partial charge in [0.15, 0.2) is 0 Å². The van der Waals surface area contributed by atoms with Crippen molar-refractivity contribution in [3.8, 4) is 11.8 Å². The van der Waals surface area contributed by atoms with Gasteiger partial charge < -0.3 is 9.64 Å². The molecule has 108 valence electrons. The molecule has 0 spiro atoms. The summed E-state index contributed by atoms with van der Waals surface area (Å²) in [5, 5.41) is 9.30. The van der Waals surface area contributed by atoms with Gasteiger partial charge in [-0.25, -0.2) is 0 Å². The van der Waals surface area contributed by atoms with Gasteiger partial charge in [0.25, 0.3) is 0 Å². The lowest BCUT2D eigenvalue weighted by Crippen LogP contribution is -2.23. The fraction of sp³-hybridized carbons (Fsp3) is 0.294. The molecule has 0 aliphatic rings. The van der Waals surface area contributed by atoms with E-state index in [4.69, 9.17) is 4.74 Å². The standard InChI is InChI=1S/C17H19N3O/c1-4-20(12-15-7-5-6-13(2)19-15)17-10-16(21-3)9-8-14(17)11-18/h5-10H,4,12H2,1-3H3. The maximum absolute atomic E-state index is 9.30. The van der Waals surface area contributed by atoms with Crippen molar-refractivity contribution in [3.05, 3.63) is 53.3 Å². The van der Waals surface area contributed by atoms with Gasteiger partial charge in [-0.2, -0.15) is 5.26 Å². The molecule has 0 bridgehead atoms. The maximum atomic E-state index is 9.30. The van der Waals surface area contributed by atoms with Gasteiger partial charge in [0.05, 0.1) is 30.6 Å². The average molecular weight is 281 g/mol. The molecular formula is C17H19N3O. The van der Waals surface area contributed by atoms with Gasteiger partial charge in [-0.15, -0.1) is 0 Å². The van der Waals surface area contributed by atoms with Crippen LogP contribution in [0.3, 0.4) is 0 Å². The maximum Gasteiger partial charge on any atom is 0.121 e. The van der Waals surface area contributed by atoms with E-state index in [1.807, 2.05) is 31.2 Å². The Morgan fingerprint density at radius 1 is 1.29 bits per heavy atom. The first-order chi connectivity index (χ1) is 10.2. The number of aromatic nitrogens is 1. The van der Waals surface area contributed by atoms with Crippen LogP contribution in [0.1, 0.15) is 23.9 Å². The van der Waals surface area contributed by atoms with E-state index in [2.05, 4.69) is 22.9 Å². The minimum atomic E-state index is 0.644. The number of ether oxygens (including phenoxy) is 1. The van der Waals surface area contributed by atoms with Crippen LogP contribution in [0.25, 0.3) is 0 Å². The molecule has 2 rings (SSSR count). The Hall–Kier alpha value is -2.54. The van der Waals surface area contributed by atoms with Crippen LogP contribution < -0.4 is 9.64 Å². The summed E-state index contributed by atoms with van der Waals surface area (Å²) in [7, 11) is 1.63. The van der Waals surface area contributed by atoms with E-state index in [1.165, 1.54) is 0 Å². The Bertz CT molecular complexity index is 661. The molecule has 0 fully saturated rings. The summed E-state index contributed by atoms with van der Waals surface area (Å²) in [5.41, 5.74) is 3.51. The molecule has 1 aromatic carbocycles. The zero-order valence-electron chi connectivity index (χ0n) is 12.6. The molecule has 0 saturated carbocycles. The minimum absolute atomic E-state index is 0.644. The van der Waals surface area contributed by atoms with Crippen LogP contribution in [0.2, 0.25) is 0 Å². The minimum Gasteiger partial charge on any atom is -0.497 e.